The molecular weight excluding hydrogens is 343 g/mol. The molecule has 2 rings (SSSR count). The number of anilines is 1. The molecule has 1 atom stereocenters. The number of halogens is 2. The van der Waals surface area contributed by atoms with Crippen LogP contribution in [0.2, 0.25) is 10.0 Å². The highest BCUT2D eigenvalue weighted by Gasteiger charge is 2.19. The largest absolute Gasteiger partial charge is 0.619 e. The molecule has 1 heterocycles. The fraction of sp³-hybridized carbons (Fsp3) is 0.133. The molecule has 0 aliphatic carbocycles. The fourth-order valence-electron chi connectivity index (χ4n) is 1.70. The Morgan fingerprint density at radius 2 is 1.74 bits per heavy atom. The zero-order valence-electron chi connectivity index (χ0n) is 12.0. The van der Waals surface area contributed by atoms with E-state index in [2.05, 4.69) is 5.32 Å². The Morgan fingerprint density at radius 1 is 1.17 bits per heavy atom. The zero-order valence-corrected chi connectivity index (χ0v) is 13.5. The van der Waals surface area contributed by atoms with E-state index in [9.17, 15) is 14.8 Å². The van der Waals surface area contributed by atoms with Crippen molar-refractivity contribution in [2.45, 2.75) is 13.0 Å². The van der Waals surface area contributed by atoms with Crippen LogP contribution in [0.25, 0.3) is 0 Å². The molecule has 2 aromatic rings. The number of carbonyl (C=O) groups excluding carboxylic acids is 2. The van der Waals surface area contributed by atoms with Crippen LogP contribution in [-0.4, -0.2) is 18.0 Å². The number of rotatable bonds is 4. The van der Waals surface area contributed by atoms with Crippen molar-refractivity contribution in [1.29, 1.82) is 0 Å². The van der Waals surface area contributed by atoms with Gasteiger partial charge in [0.05, 0.1) is 5.56 Å². The van der Waals surface area contributed by atoms with Gasteiger partial charge in [-0.05, 0) is 25.1 Å². The van der Waals surface area contributed by atoms with E-state index < -0.39 is 18.0 Å². The monoisotopic (exact) mass is 354 g/mol. The molecule has 0 aliphatic heterocycles. The molecule has 1 aromatic heterocycles. The van der Waals surface area contributed by atoms with Gasteiger partial charge in [0.1, 0.15) is 0 Å². The van der Waals surface area contributed by atoms with Gasteiger partial charge in [-0.3, -0.25) is 4.79 Å². The summed E-state index contributed by atoms with van der Waals surface area (Å²) in [6.07, 6.45) is 1.28. The molecule has 120 valence electrons. The predicted molar refractivity (Wildman–Crippen MR) is 85.4 cm³/mol. The molecule has 0 aliphatic rings. The van der Waals surface area contributed by atoms with Crippen molar-refractivity contribution in [3.8, 4) is 0 Å². The molecule has 1 amide bonds. The van der Waals surface area contributed by atoms with Crippen molar-refractivity contribution in [2.24, 2.45) is 0 Å². The van der Waals surface area contributed by atoms with Crippen LogP contribution in [0.15, 0.2) is 42.7 Å². The summed E-state index contributed by atoms with van der Waals surface area (Å²) in [6.45, 7) is 1.43. The van der Waals surface area contributed by atoms with Crippen LogP contribution in [0.1, 0.15) is 17.3 Å². The van der Waals surface area contributed by atoms with Gasteiger partial charge in [0, 0.05) is 27.9 Å². The number of esters is 1. The Kier molecular flexibility index (Phi) is 5.41. The van der Waals surface area contributed by atoms with Crippen molar-refractivity contribution in [3.05, 3.63) is 63.5 Å². The molecule has 8 heteroatoms. The van der Waals surface area contributed by atoms with Crippen LogP contribution in [-0.2, 0) is 9.53 Å². The smallest absolute Gasteiger partial charge is 0.339 e. The van der Waals surface area contributed by atoms with Crippen LogP contribution in [0.3, 0.4) is 0 Å². The van der Waals surface area contributed by atoms with Crippen molar-refractivity contribution < 1.29 is 19.1 Å². The number of pyridine rings is 1. The summed E-state index contributed by atoms with van der Waals surface area (Å²) in [5.41, 5.74) is 0.560. The normalized spacial score (nSPS) is 11.6. The third-order valence-electron chi connectivity index (χ3n) is 2.82. The topological polar surface area (TPSA) is 82.3 Å². The highest BCUT2D eigenvalue weighted by Crippen LogP contribution is 2.22. The van der Waals surface area contributed by atoms with Gasteiger partial charge in [0.2, 0.25) is 0 Å². The minimum Gasteiger partial charge on any atom is -0.619 e. The maximum absolute atomic E-state index is 12.0. The van der Waals surface area contributed by atoms with Gasteiger partial charge in [-0.1, -0.05) is 23.2 Å². The number of nitrogens with zero attached hydrogens (tertiary/aromatic N) is 1. The van der Waals surface area contributed by atoms with Gasteiger partial charge < -0.3 is 15.3 Å². The van der Waals surface area contributed by atoms with Crippen LogP contribution >= 0.6 is 23.2 Å². The molecular formula is C15H12Cl2N2O4. The Hall–Kier alpha value is -2.31. The van der Waals surface area contributed by atoms with Crippen LogP contribution in [0, 0.1) is 5.21 Å². The number of benzene rings is 1. The standard InChI is InChI=1S/C15H12Cl2N2O4/c1-9(23-15(21)10-2-4-19(22)5-3-10)14(20)18-13-7-11(16)6-12(17)8-13/h2-9H,1H3,(H,18,20)/t9-/m1/s1. The second kappa shape index (κ2) is 7.30. The van der Waals surface area contributed by atoms with E-state index in [-0.39, 0.29) is 5.56 Å². The van der Waals surface area contributed by atoms with E-state index in [0.717, 1.165) is 12.4 Å². The van der Waals surface area contributed by atoms with E-state index in [0.29, 0.717) is 20.5 Å². The van der Waals surface area contributed by atoms with E-state index in [1.165, 1.54) is 37.3 Å². The summed E-state index contributed by atoms with van der Waals surface area (Å²) in [5.74, 6) is -1.25. The van der Waals surface area contributed by atoms with Crippen LogP contribution < -0.4 is 10.0 Å². The average Bonchev–Trinajstić information content (AvgIpc) is 2.46. The quantitative estimate of drug-likeness (QED) is 0.519. The number of ether oxygens (including phenoxy) is 1. The third-order valence-corrected chi connectivity index (χ3v) is 3.26. The van der Waals surface area contributed by atoms with E-state index in [1.807, 2.05) is 0 Å². The first-order chi connectivity index (χ1) is 10.8. The Morgan fingerprint density at radius 3 is 2.30 bits per heavy atom. The highest BCUT2D eigenvalue weighted by atomic mass is 35.5. The Bertz CT molecular complexity index is 715. The molecule has 0 spiro atoms. The molecule has 0 radical (unpaired) electrons. The van der Waals surface area contributed by atoms with Gasteiger partial charge in [0.15, 0.2) is 18.5 Å². The highest BCUT2D eigenvalue weighted by molar-refractivity contribution is 6.35. The molecule has 0 saturated heterocycles. The molecule has 0 bridgehead atoms. The van der Waals surface area contributed by atoms with Gasteiger partial charge in [-0.25, -0.2) is 4.79 Å². The fourth-order valence-corrected chi connectivity index (χ4v) is 2.23. The second-order valence-electron chi connectivity index (χ2n) is 4.64. The predicted octanol–water partition coefficient (Wildman–Crippen LogP) is 2.81. The Balaban J connectivity index is 1.99. The van der Waals surface area contributed by atoms with Crippen LogP contribution in [0.5, 0.6) is 0 Å². The minimum absolute atomic E-state index is 0.169. The van der Waals surface area contributed by atoms with E-state index in [1.54, 1.807) is 0 Å². The van der Waals surface area contributed by atoms with Gasteiger partial charge in [0.25, 0.3) is 5.91 Å². The SMILES string of the molecule is C[C@@H](OC(=O)c1cc[n+]([O-])cc1)C(=O)Nc1cc(Cl)cc(Cl)c1. The number of nitrogens with one attached hydrogen (secondary N) is 1. The summed E-state index contributed by atoms with van der Waals surface area (Å²) in [5, 5.41) is 14.2. The molecule has 1 aromatic carbocycles. The Labute approximate surface area is 142 Å². The molecule has 0 saturated carbocycles. The van der Waals surface area contributed by atoms with Gasteiger partial charge >= 0.3 is 5.97 Å². The van der Waals surface area contributed by atoms with E-state index in [4.69, 9.17) is 27.9 Å². The summed E-state index contributed by atoms with van der Waals surface area (Å²) in [4.78, 5) is 23.9. The number of aromatic nitrogens is 1. The zero-order chi connectivity index (χ0) is 17.0. The molecule has 1 N–H and O–H groups in total. The summed E-state index contributed by atoms with van der Waals surface area (Å²) in [7, 11) is 0. The number of carbonyl (C=O) groups is 2. The van der Waals surface area contributed by atoms with Gasteiger partial charge in [-0.2, -0.15) is 4.73 Å². The number of hydrogen-bond donors (Lipinski definition) is 1. The lowest BCUT2D eigenvalue weighted by atomic mass is 10.2. The number of hydrogen-bond acceptors (Lipinski definition) is 4. The first-order valence-electron chi connectivity index (χ1n) is 6.52. The molecule has 6 nitrogen and oxygen atoms in total. The second-order valence-corrected chi connectivity index (χ2v) is 5.51. The lowest BCUT2D eigenvalue weighted by Crippen LogP contribution is -2.30. The third kappa shape index (κ3) is 4.84. The first-order valence-corrected chi connectivity index (χ1v) is 7.27. The number of amides is 1. The maximum Gasteiger partial charge on any atom is 0.339 e. The van der Waals surface area contributed by atoms with E-state index >= 15 is 0 Å². The minimum atomic E-state index is -1.04. The first kappa shape index (κ1) is 17.1. The van der Waals surface area contributed by atoms with Gasteiger partial charge in [-0.15, -0.1) is 0 Å². The molecule has 0 unspecified atom stereocenters. The lowest BCUT2D eigenvalue weighted by Gasteiger charge is -2.13. The summed E-state index contributed by atoms with van der Waals surface area (Å²) in [6, 6.07) is 7.17. The van der Waals surface area contributed by atoms with Crippen molar-refractivity contribution >= 4 is 40.8 Å². The lowest BCUT2D eigenvalue weighted by molar-refractivity contribution is -0.605. The van der Waals surface area contributed by atoms with Crippen molar-refractivity contribution in [1.82, 2.24) is 0 Å². The summed E-state index contributed by atoms with van der Waals surface area (Å²) >= 11 is 11.7. The van der Waals surface area contributed by atoms with Crippen LogP contribution in [0.4, 0.5) is 5.69 Å². The molecule has 0 fully saturated rings. The molecule has 23 heavy (non-hydrogen) atoms. The maximum atomic E-state index is 12.0. The van der Waals surface area contributed by atoms with Crippen molar-refractivity contribution in [3.63, 3.8) is 0 Å². The summed E-state index contributed by atoms with van der Waals surface area (Å²) < 4.78 is 5.58. The average molecular weight is 355 g/mol. The van der Waals surface area contributed by atoms with Crippen molar-refractivity contribution in [2.75, 3.05) is 5.32 Å².